The molecular formula is C25H39N3O5S. The molecule has 4 N–H and O–H groups in total. The number of aliphatic hydroxyl groups excluding tert-OH is 2. The molecule has 1 heterocycles. The first kappa shape index (κ1) is 25.5. The highest BCUT2D eigenvalue weighted by Crippen LogP contribution is 2.62. The Morgan fingerprint density at radius 3 is 2.59 bits per heavy atom. The molecule has 34 heavy (non-hydrogen) atoms. The van der Waals surface area contributed by atoms with Crippen LogP contribution in [0.5, 0.6) is 0 Å². The first-order valence-electron chi connectivity index (χ1n) is 12.6. The maximum Gasteiger partial charge on any atom is 0.252 e. The van der Waals surface area contributed by atoms with E-state index in [1.54, 1.807) is 0 Å². The number of aromatic nitrogens is 1. The Kier molecular flexibility index (Phi) is 7.67. The van der Waals surface area contributed by atoms with Gasteiger partial charge in [-0.2, -0.15) is 0 Å². The number of rotatable bonds is 7. The van der Waals surface area contributed by atoms with Crippen molar-refractivity contribution in [2.45, 2.75) is 89.7 Å². The molecule has 0 radical (unpaired) electrons. The molecule has 5 unspecified atom stereocenters. The summed E-state index contributed by atoms with van der Waals surface area (Å²) in [4.78, 5) is 31.2. The Hall–Kier alpha value is -1.55. The zero-order valence-electron chi connectivity index (χ0n) is 20.6. The standard InChI is InChI=1S/C25H39N3O5S/c1-24-10-9-19(30)25(2,14-29)18(24)12-17-22(28-23(34-17)27-21(32)13-33-3)16(24)11-20(31)26-15-7-5-4-6-8-15/h15-16,18-19,29-30H,4-14H2,1-3H3,(H,26,31)(H,27,28,32). The quantitative estimate of drug-likeness (QED) is 0.463. The van der Waals surface area contributed by atoms with E-state index >= 15 is 0 Å². The van der Waals surface area contributed by atoms with Crippen molar-refractivity contribution in [3.8, 4) is 0 Å². The van der Waals surface area contributed by atoms with Crippen LogP contribution in [0, 0.1) is 16.7 Å². The van der Waals surface area contributed by atoms with Gasteiger partial charge in [-0.15, -0.1) is 11.3 Å². The van der Waals surface area contributed by atoms with Crippen molar-refractivity contribution in [1.29, 1.82) is 0 Å². The molecule has 1 aromatic heterocycles. The summed E-state index contributed by atoms with van der Waals surface area (Å²) in [6.45, 7) is 4.00. The molecule has 0 saturated heterocycles. The van der Waals surface area contributed by atoms with Crippen molar-refractivity contribution >= 4 is 28.3 Å². The molecule has 2 fully saturated rings. The zero-order valence-corrected chi connectivity index (χ0v) is 21.4. The first-order valence-corrected chi connectivity index (χ1v) is 13.4. The number of fused-ring (bicyclic) bond motifs is 2. The summed E-state index contributed by atoms with van der Waals surface area (Å²) in [5.41, 5.74) is -0.0752. The fourth-order valence-corrected chi connectivity index (χ4v) is 7.79. The van der Waals surface area contributed by atoms with Crippen molar-refractivity contribution in [3.63, 3.8) is 0 Å². The molecule has 1 aromatic rings. The molecule has 4 rings (SSSR count). The summed E-state index contributed by atoms with van der Waals surface area (Å²) in [6.07, 6.45) is 7.34. The molecule has 0 aromatic carbocycles. The zero-order chi connectivity index (χ0) is 24.5. The molecular weight excluding hydrogens is 454 g/mol. The number of carbonyl (C=O) groups is 2. The fraction of sp³-hybridized carbons (Fsp3) is 0.800. The number of thiazole rings is 1. The minimum atomic E-state index is -0.660. The van der Waals surface area contributed by atoms with Crippen LogP contribution >= 0.6 is 11.3 Å². The number of carbonyl (C=O) groups excluding carboxylic acids is 2. The van der Waals surface area contributed by atoms with Crippen LogP contribution in [0.3, 0.4) is 0 Å². The predicted molar refractivity (Wildman–Crippen MR) is 131 cm³/mol. The third-order valence-electron chi connectivity index (χ3n) is 8.78. The van der Waals surface area contributed by atoms with Gasteiger partial charge >= 0.3 is 0 Å². The molecule has 5 atom stereocenters. The number of methoxy groups -OCH3 is 1. The highest BCUT2D eigenvalue weighted by molar-refractivity contribution is 7.15. The summed E-state index contributed by atoms with van der Waals surface area (Å²) in [7, 11) is 1.47. The second-order valence-electron chi connectivity index (χ2n) is 10.9. The lowest BCUT2D eigenvalue weighted by Crippen LogP contribution is -2.57. The Bertz CT molecular complexity index is 901. The van der Waals surface area contributed by atoms with Crippen molar-refractivity contribution in [2.75, 3.05) is 25.6 Å². The van der Waals surface area contributed by atoms with Crippen LogP contribution in [-0.4, -0.2) is 59.5 Å². The average molecular weight is 494 g/mol. The molecule has 2 saturated carbocycles. The smallest absolute Gasteiger partial charge is 0.252 e. The molecule has 3 aliphatic rings. The number of aliphatic hydroxyl groups is 2. The Balaban J connectivity index is 1.65. The lowest BCUT2D eigenvalue weighted by atomic mass is 9.47. The second kappa shape index (κ2) is 10.2. The molecule has 0 aliphatic heterocycles. The van der Waals surface area contributed by atoms with Gasteiger partial charge in [-0.05, 0) is 43.4 Å². The summed E-state index contributed by atoms with van der Waals surface area (Å²) in [6, 6.07) is 0.239. The minimum absolute atomic E-state index is 0.00305. The topological polar surface area (TPSA) is 121 Å². The number of ether oxygens (including phenoxy) is 1. The van der Waals surface area contributed by atoms with E-state index in [4.69, 9.17) is 9.72 Å². The van der Waals surface area contributed by atoms with Gasteiger partial charge in [0.05, 0.1) is 18.4 Å². The lowest BCUT2D eigenvalue weighted by molar-refractivity contribution is -0.144. The number of hydrogen-bond acceptors (Lipinski definition) is 7. The Morgan fingerprint density at radius 2 is 1.91 bits per heavy atom. The maximum absolute atomic E-state index is 13.3. The predicted octanol–water partition coefficient (Wildman–Crippen LogP) is 2.98. The van der Waals surface area contributed by atoms with Gasteiger partial charge in [0.1, 0.15) is 6.61 Å². The van der Waals surface area contributed by atoms with Crippen molar-refractivity contribution < 1.29 is 24.5 Å². The van der Waals surface area contributed by atoms with E-state index in [0.717, 1.165) is 42.7 Å². The summed E-state index contributed by atoms with van der Waals surface area (Å²) >= 11 is 1.43. The lowest BCUT2D eigenvalue weighted by Gasteiger charge is -2.58. The normalized spacial score (nSPS) is 33.6. The van der Waals surface area contributed by atoms with E-state index in [9.17, 15) is 19.8 Å². The van der Waals surface area contributed by atoms with Crippen LogP contribution in [0.25, 0.3) is 0 Å². The molecule has 3 aliphatic carbocycles. The molecule has 0 spiro atoms. The molecule has 190 valence electrons. The van der Waals surface area contributed by atoms with Crippen LogP contribution in [0.1, 0.15) is 81.7 Å². The van der Waals surface area contributed by atoms with Crippen LogP contribution < -0.4 is 10.6 Å². The number of nitrogens with one attached hydrogen (secondary N) is 2. The van der Waals surface area contributed by atoms with Gasteiger partial charge in [0.15, 0.2) is 5.13 Å². The van der Waals surface area contributed by atoms with Crippen LogP contribution in [0.4, 0.5) is 5.13 Å². The van der Waals surface area contributed by atoms with Crippen LogP contribution in [0.2, 0.25) is 0 Å². The van der Waals surface area contributed by atoms with E-state index in [0.29, 0.717) is 24.4 Å². The van der Waals surface area contributed by atoms with Gasteiger partial charge < -0.3 is 20.3 Å². The van der Waals surface area contributed by atoms with Gasteiger partial charge in [0.25, 0.3) is 5.91 Å². The van der Waals surface area contributed by atoms with Crippen LogP contribution in [-0.2, 0) is 20.7 Å². The van der Waals surface area contributed by atoms with Gasteiger partial charge in [-0.1, -0.05) is 33.1 Å². The second-order valence-corrected chi connectivity index (χ2v) is 12.0. The van der Waals surface area contributed by atoms with Crippen molar-refractivity contribution in [1.82, 2.24) is 10.3 Å². The average Bonchev–Trinajstić information content (AvgIpc) is 3.20. The van der Waals surface area contributed by atoms with Gasteiger partial charge in [-0.25, -0.2) is 4.98 Å². The van der Waals surface area contributed by atoms with E-state index in [2.05, 4.69) is 17.6 Å². The molecule has 9 heteroatoms. The fourth-order valence-electron chi connectivity index (χ4n) is 6.70. The van der Waals surface area contributed by atoms with Gasteiger partial charge in [0, 0.05) is 35.8 Å². The molecule has 2 amide bonds. The van der Waals surface area contributed by atoms with Gasteiger partial charge in [0.2, 0.25) is 5.91 Å². The third-order valence-corrected chi connectivity index (χ3v) is 9.78. The number of amides is 2. The monoisotopic (exact) mass is 493 g/mol. The minimum Gasteiger partial charge on any atom is -0.396 e. The SMILES string of the molecule is COCC(=O)Nc1nc2c(s1)CC1C(C)(CO)C(O)CCC1(C)C2CC(=O)NC1CCCCC1. The van der Waals surface area contributed by atoms with Crippen molar-refractivity contribution in [3.05, 3.63) is 10.6 Å². The summed E-state index contributed by atoms with van der Waals surface area (Å²) in [5.74, 6) is -0.372. The largest absolute Gasteiger partial charge is 0.396 e. The highest BCUT2D eigenvalue weighted by Gasteiger charge is 2.59. The van der Waals surface area contributed by atoms with Gasteiger partial charge in [-0.3, -0.25) is 14.9 Å². The van der Waals surface area contributed by atoms with E-state index < -0.39 is 11.5 Å². The number of hydrogen-bond donors (Lipinski definition) is 4. The number of anilines is 1. The number of nitrogens with zero attached hydrogens (tertiary/aromatic N) is 1. The van der Waals surface area contributed by atoms with E-state index in [1.165, 1.54) is 24.9 Å². The van der Waals surface area contributed by atoms with Crippen molar-refractivity contribution in [2.24, 2.45) is 16.7 Å². The molecule has 8 nitrogen and oxygen atoms in total. The summed E-state index contributed by atoms with van der Waals surface area (Å²) < 4.78 is 4.93. The third kappa shape index (κ3) is 4.76. The first-order chi connectivity index (χ1) is 16.2. The molecule has 0 bridgehead atoms. The summed E-state index contributed by atoms with van der Waals surface area (Å²) in [5, 5.41) is 27.8. The van der Waals surface area contributed by atoms with E-state index in [1.807, 2.05) is 6.92 Å². The maximum atomic E-state index is 13.3. The highest BCUT2D eigenvalue weighted by atomic mass is 32.1. The van der Waals surface area contributed by atoms with E-state index in [-0.39, 0.29) is 48.3 Å². The Labute approximate surface area is 205 Å². The van der Waals surface area contributed by atoms with Crippen LogP contribution in [0.15, 0.2) is 0 Å². The Morgan fingerprint density at radius 1 is 1.18 bits per heavy atom.